The molecule has 0 bridgehead atoms. The largest absolute Gasteiger partial charge is 0.391 e. The van der Waals surface area contributed by atoms with Crippen molar-refractivity contribution in [2.24, 2.45) is 5.16 Å². The van der Waals surface area contributed by atoms with E-state index < -0.39 is 0 Å². The molecule has 0 amide bonds. The summed E-state index contributed by atoms with van der Waals surface area (Å²) in [5.74, 6) is 1.07. The fourth-order valence-electron chi connectivity index (χ4n) is 1.88. The lowest BCUT2D eigenvalue weighted by molar-refractivity contribution is 0.0848. The highest BCUT2D eigenvalue weighted by Gasteiger charge is 2.18. The third kappa shape index (κ3) is 4.76. The predicted molar refractivity (Wildman–Crippen MR) is 82.0 cm³/mol. The Hall–Kier alpha value is -1.14. The first-order valence-corrected chi connectivity index (χ1v) is 8.16. The van der Waals surface area contributed by atoms with Crippen LogP contribution in [0.5, 0.6) is 0 Å². The van der Waals surface area contributed by atoms with E-state index >= 15 is 0 Å². The van der Waals surface area contributed by atoms with E-state index in [1.165, 1.54) is 0 Å². The van der Waals surface area contributed by atoms with Gasteiger partial charge in [-0.05, 0) is 12.8 Å². The molecule has 1 aliphatic heterocycles. The molecule has 5 nitrogen and oxygen atoms in total. The summed E-state index contributed by atoms with van der Waals surface area (Å²) in [7, 11) is 0. The molecule has 0 radical (unpaired) electrons. The lowest BCUT2D eigenvalue weighted by Crippen LogP contribution is -2.26. The number of aromatic nitrogens is 2. The van der Waals surface area contributed by atoms with E-state index in [4.69, 9.17) is 4.84 Å². The van der Waals surface area contributed by atoms with Crippen molar-refractivity contribution in [3.05, 3.63) is 18.0 Å². The van der Waals surface area contributed by atoms with Gasteiger partial charge in [0.05, 0.1) is 5.71 Å². The Kier molecular flexibility index (Phi) is 6.26. The van der Waals surface area contributed by atoms with Gasteiger partial charge in [-0.1, -0.05) is 30.8 Å². The maximum atomic E-state index is 5.35. The maximum absolute atomic E-state index is 5.35. The highest BCUT2D eigenvalue weighted by atomic mass is 32.2. The van der Waals surface area contributed by atoms with Crippen LogP contribution in [0.1, 0.15) is 38.7 Å². The Morgan fingerprint density at radius 3 is 2.80 bits per heavy atom. The fourth-order valence-corrected chi connectivity index (χ4v) is 2.53. The fraction of sp³-hybridized carbons (Fsp3) is 0.643. The van der Waals surface area contributed by atoms with Gasteiger partial charge in [0.1, 0.15) is 6.10 Å². The van der Waals surface area contributed by atoms with E-state index in [0.29, 0.717) is 0 Å². The molecule has 0 fully saturated rings. The van der Waals surface area contributed by atoms with Crippen LogP contribution >= 0.6 is 11.8 Å². The Balaban J connectivity index is 1.67. The molecule has 1 aromatic heterocycles. The first kappa shape index (κ1) is 15.3. The molecular formula is C14H22N4OS. The van der Waals surface area contributed by atoms with E-state index in [-0.39, 0.29) is 6.10 Å². The van der Waals surface area contributed by atoms with Gasteiger partial charge in [-0.3, -0.25) is 0 Å². The van der Waals surface area contributed by atoms with Crippen molar-refractivity contribution in [2.45, 2.75) is 50.9 Å². The zero-order chi connectivity index (χ0) is 14.2. The Morgan fingerprint density at radius 1 is 1.35 bits per heavy atom. The second kappa shape index (κ2) is 8.21. The van der Waals surface area contributed by atoms with Gasteiger partial charge in [-0.2, -0.15) is 0 Å². The van der Waals surface area contributed by atoms with Crippen LogP contribution in [0.3, 0.4) is 0 Å². The molecule has 20 heavy (non-hydrogen) atoms. The molecule has 1 N–H and O–H groups in total. The van der Waals surface area contributed by atoms with Crippen molar-refractivity contribution in [3.63, 3.8) is 0 Å². The van der Waals surface area contributed by atoms with Crippen molar-refractivity contribution >= 4 is 17.5 Å². The van der Waals surface area contributed by atoms with Crippen molar-refractivity contribution in [2.75, 3.05) is 12.3 Å². The lowest BCUT2D eigenvalue weighted by atomic mass is 10.1. The molecule has 0 saturated carbocycles. The molecule has 0 aromatic carbocycles. The topological polar surface area (TPSA) is 59.4 Å². The monoisotopic (exact) mass is 294 g/mol. The maximum Gasteiger partial charge on any atom is 0.187 e. The standard InChI is InChI=1S/C14H22N4OS/c1-3-5-20-14-16-8-11(9-17-14)7-15-10-13-6-12(4-2)18-19-13/h8-9,13,15H,3-7,10H2,1-2H3. The minimum Gasteiger partial charge on any atom is -0.391 e. The van der Waals surface area contributed by atoms with Gasteiger partial charge in [-0.25, -0.2) is 9.97 Å². The lowest BCUT2D eigenvalue weighted by Gasteiger charge is -2.09. The van der Waals surface area contributed by atoms with Gasteiger partial charge >= 0.3 is 0 Å². The van der Waals surface area contributed by atoms with E-state index in [9.17, 15) is 0 Å². The summed E-state index contributed by atoms with van der Waals surface area (Å²) < 4.78 is 0. The van der Waals surface area contributed by atoms with Gasteiger partial charge in [0.25, 0.3) is 0 Å². The molecule has 0 spiro atoms. The highest BCUT2D eigenvalue weighted by Crippen LogP contribution is 2.13. The summed E-state index contributed by atoms with van der Waals surface area (Å²) in [6.45, 7) is 5.83. The molecular weight excluding hydrogens is 272 g/mol. The van der Waals surface area contributed by atoms with E-state index in [1.807, 2.05) is 12.4 Å². The summed E-state index contributed by atoms with van der Waals surface area (Å²) in [6.07, 6.45) is 7.00. The highest BCUT2D eigenvalue weighted by molar-refractivity contribution is 7.99. The van der Waals surface area contributed by atoms with Crippen molar-refractivity contribution in [1.29, 1.82) is 0 Å². The number of rotatable bonds is 8. The number of oxime groups is 1. The third-order valence-corrected chi connectivity index (χ3v) is 4.10. The minimum atomic E-state index is 0.172. The van der Waals surface area contributed by atoms with E-state index in [0.717, 1.165) is 54.5 Å². The third-order valence-electron chi connectivity index (χ3n) is 3.02. The molecule has 2 heterocycles. The SMILES string of the molecule is CCCSc1ncc(CNCC2CC(CC)=NO2)cn1. The second-order valence-corrected chi connectivity index (χ2v) is 5.86. The number of thioether (sulfide) groups is 1. The van der Waals surface area contributed by atoms with Gasteiger partial charge < -0.3 is 10.2 Å². The molecule has 0 aliphatic carbocycles. The quantitative estimate of drug-likeness (QED) is 0.590. The Morgan fingerprint density at radius 2 is 2.15 bits per heavy atom. The molecule has 1 atom stereocenters. The molecule has 6 heteroatoms. The van der Waals surface area contributed by atoms with E-state index in [2.05, 4.69) is 34.3 Å². The smallest absolute Gasteiger partial charge is 0.187 e. The molecule has 110 valence electrons. The number of nitrogens with zero attached hydrogens (tertiary/aromatic N) is 3. The van der Waals surface area contributed by atoms with Crippen molar-refractivity contribution in [3.8, 4) is 0 Å². The van der Waals surface area contributed by atoms with Crippen LogP contribution in [0.15, 0.2) is 22.7 Å². The average Bonchev–Trinajstić information content (AvgIpc) is 2.94. The summed E-state index contributed by atoms with van der Waals surface area (Å²) in [5, 5.41) is 8.27. The number of nitrogens with one attached hydrogen (secondary N) is 1. The van der Waals surface area contributed by atoms with E-state index in [1.54, 1.807) is 11.8 Å². The van der Waals surface area contributed by atoms with Crippen LogP contribution in [-0.2, 0) is 11.4 Å². The van der Waals surface area contributed by atoms with Crippen LogP contribution in [0, 0.1) is 0 Å². The van der Waals surface area contributed by atoms with Crippen LogP contribution < -0.4 is 5.32 Å². The molecule has 2 rings (SSSR count). The molecule has 1 aliphatic rings. The minimum absolute atomic E-state index is 0.172. The van der Waals surface area contributed by atoms with Crippen LogP contribution in [0.4, 0.5) is 0 Å². The molecule has 0 saturated heterocycles. The summed E-state index contributed by atoms with van der Waals surface area (Å²) >= 11 is 1.70. The number of hydrogen-bond donors (Lipinski definition) is 1. The van der Waals surface area contributed by atoms with Gasteiger partial charge in [-0.15, -0.1) is 0 Å². The van der Waals surface area contributed by atoms with Gasteiger partial charge in [0.2, 0.25) is 0 Å². The van der Waals surface area contributed by atoms with Gasteiger partial charge in [0.15, 0.2) is 5.16 Å². The summed E-state index contributed by atoms with van der Waals surface area (Å²) in [5.41, 5.74) is 2.25. The zero-order valence-electron chi connectivity index (χ0n) is 12.1. The Bertz CT molecular complexity index is 435. The zero-order valence-corrected chi connectivity index (χ0v) is 12.9. The van der Waals surface area contributed by atoms with Gasteiger partial charge in [0, 0.05) is 43.2 Å². The molecule has 1 unspecified atom stereocenters. The normalized spacial score (nSPS) is 17.9. The molecule has 1 aromatic rings. The predicted octanol–water partition coefficient (Wildman–Crippen LogP) is 2.62. The summed E-state index contributed by atoms with van der Waals surface area (Å²) in [6, 6.07) is 0. The van der Waals surface area contributed by atoms with Crippen LogP contribution in [0.2, 0.25) is 0 Å². The first-order chi connectivity index (χ1) is 9.81. The first-order valence-electron chi connectivity index (χ1n) is 7.17. The number of hydrogen-bond acceptors (Lipinski definition) is 6. The van der Waals surface area contributed by atoms with Crippen molar-refractivity contribution in [1.82, 2.24) is 15.3 Å². The second-order valence-electron chi connectivity index (χ2n) is 4.80. The van der Waals surface area contributed by atoms with Crippen LogP contribution in [0.25, 0.3) is 0 Å². The van der Waals surface area contributed by atoms with Crippen LogP contribution in [-0.4, -0.2) is 34.1 Å². The summed E-state index contributed by atoms with van der Waals surface area (Å²) in [4.78, 5) is 14.0. The average molecular weight is 294 g/mol. The van der Waals surface area contributed by atoms with Crippen molar-refractivity contribution < 1.29 is 4.84 Å². The Labute approximate surface area is 124 Å².